The Morgan fingerprint density at radius 3 is 2.75 bits per heavy atom. The topological polar surface area (TPSA) is 96.9 Å². The number of imidazole rings is 1. The first kappa shape index (κ1) is 22.9. The maximum Gasteiger partial charge on any atom is 0.256 e. The van der Waals surface area contributed by atoms with E-state index in [2.05, 4.69) is 26.7 Å². The Morgan fingerprint density at radius 2 is 2.00 bits per heavy atom. The summed E-state index contributed by atoms with van der Waals surface area (Å²) in [7, 11) is 0. The Morgan fingerprint density at radius 1 is 1.19 bits per heavy atom. The van der Waals surface area contributed by atoms with Gasteiger partial charge in [-0.05, 0) is 50.1 Å². The molecule has 36 heavy (non-hydrogen) atoms. The molecule has 5 rings (SSSR count). The smallest absolute Gasteiger partial charge is 0.256 e. The van der Waals surface area contributed by atoms with Crippen LogP contribution >= 0.6 is 0 Å². The molecule has 0 saturated carbocycles. The third kappa shape index (κ3) is 4.09. The van der Waals surface area contributed by atoms with E-state index in [1.165, 1.54) is 18.3 Å². The van der Waals surface area contributed by atoms with E-state index in [1.807, 2.05) is 34.6 Å². The Kier molecular flexibility index (Phi) is 6.00. The van der Waals surface area contributed by atoms with E-state index in [0.717, 1.165) is 41.1 Å². The number of hydrogen-bond donors (Lipinski definition) is 1. The number of nitrogens with one attached hydrogen (secondary N) is 1. The molecule has 0 bridgehead atoms. The molecule has 178 valence electrons. The molecule has 9 heteroatoms. The normalized spacial score (nSPS) is 15.0. The van der Waals surface area contributed by atoms with Crippen molar-refractivity contribution in [3.05, 3.63) is 96.1 Å². The van der Waals surface area contributed by atoms with Crippen molar-refractivity contribution in [3.63, 3.8) is 0 Å². The van der Waals surface area contributed by atoms with Crippen LogP contribution in [0.2, 0.25) is 0 Å². The maximum absolute atomic E-state index is 12.7. The summed E-state index contributed by atoms with van der Waals surface area (Å²) in [5, 5.41) is 2.72. The minimum Gasteiger partial charge on any atom is -0.329 e. The minimum atomic E-state index is -0.325. The molecule has 1 aliphatic heterocycles. The zero-order chi connectivity index (χ0) is 25.2. The largest absolute Gasteiger partial charge is 0.329 e. The van der Waals surface area contributed by atoms with Crippen molar-refractivity contribution >= 4 is 28.8 Å². The predicted molar refractivity (Wildman–Crippen MR) is 135 cm³/mol. The predicted octanol–water partition coefficient (Wildman–Crippen LogP) is 4.75. The first-order chi connectivity index (χ1) is 17.5. The number of nitrogens with zero attached hydrogens (tertiary/aromatic N) is 6. The fraction of sp³-hybridized carbons (Fsp3) is 0.185. The summed E-state index contributed by atoms with van der Waals surface area (Å²) in [5.74, 6) is 0.673. The monoisotopic (exact) mass is 477 g/mol. The Balaban J connectivity index is 1.48. The van der Waals surface area contributed by atoms with Gasteiger partial charge in [0.1, 0.15) is 11.6 Å². The van der Waals surface area contributed by atoms with E-state index in [-0.39, 0.29) is 17.9 Å². The lowest BCUT2D eigenvalue weighted by atomic mass is 10.1. The van der Waals surface area contributed by atoms with Crippen LogP contribution in [-0.4, -0.2) is 42.6 Å². The molecule has 0 aliphatic carbocycles. The van der Waals surface area contributed by atoms with Crippen LogP contribution in [0.25, 0.3) is 21.6 Å². The third-order valence-corrected chi connectivity index (χ3v) is 6.31. The number of likely N-dealkylation sites (tertiary alicyclic amines) is 1. The molecule has 1 atom stereocenters. The van der Waals surface area contributed by atoms with Gasteiger partial charge in [-0.25, -0.2) is 14.8 Å². The van der Waals surface area contributed by atoms with Crippen LogP contribution in [0.4, 0.5) is 11.5 Å². The fourth-order valence-electron chi connectivity index (χ4n) is 4.60. The summed E-state index contributed by atoms with van der Waals surface area (Å²) in [4.78, 5) is 43.9. The molecule has 1 fully saturated rings. The summed E-state index contributed by atoms with van der Waals surface area (Å²) in [6.45, 7) is 13.3. The zero-order valence-corrected chi connectivity index (χ0v) is 19.7. The number of carbonyl (C=O) groups is 2. The Hall–Kier alpha value is -4.84. The molecule has 0 radical (unpaired) electrons. The van der Waals surface area contributed by atoms with Crippen molar-refractivity contribution in [2.45, 2.75) is 25.8 Å². The number of benzene rings is 1. The molecule has 1 N–H and O–H groups in total. The van der Waals surface area contributed by atoms with E-state index < -0.39 is 0 Å². The van der Waals surface area contributed by atoms with Gasteiger partial charge in [-0.15, -0.1) is 0 Å². The average molecular weight is 478 g/mol. The quantitative estimate of drug-likeness (QED) is 0.330. The van der Waals surface area contributed by atoms with Gasteiger partial charge >= 0.3 is 0 Å². The summed E-state index contributed by atoms with van der Waals surface area (Å²) < 4.78 is 2.01. The molecule has 1 saturated heterocycles. The molecule has 9 nitrogen and oxygen atoms in total. The van der Waals surface area contributed by atoms with Crippen LogP contribution in [0.5, 0.6) is 0 Å². The van der Waals surface area contributed by atoms with Crippen LogP contribution in [0, 0.1) is 13.5 Å². The van der Waals surface area contributed by atoms with Gasteiger partial charge in [-0.1, -0.05) is 18.7 Å². The van der Waals surface area contributed by atoms with E-state index in [9.17, 15) is 9.59 Å². The lowest BCUT2D eigenvalue weighted by Crippen LogP contribution is -2.29. The molecule has 0 spiro atoms. The minimum absolute atomic E-state index is 0.103. The van der Waals surface area contributed by atoms with Gasteiger partial charge in [0.2, 0.25) is 5.91 Å². The highest BCUT2D eigenvalue weighted by molar-refractivity contribution is 6.04. The van der Waals surface area contributed by atoms with Crippen molar-refractivity contribution in [1.29, 1.82) is 0 Å². The first-order valence-corrected chi connectivity index (χ1v) is 11.5. The van der Waals surface area contributed by atoms with Gasteiger partial charge in [-0.2, -0.15) is 0 Å². The number of rotatable bonds is 5. The number of aromatic nitrogens is 4. The van der Waals surface area contributed by atoms with Crippen LogP contribution in [-0.2, 0) is 4.79 Å². The highest BCUT2D eigenvalue weighted by Gasteiger charge is 2.33. The van der Waals surface area contributed by atoms with Crippen LogP contribution in [0.1, 0.15) is 40.8 Å². The number of hydrogen-bond acceptors (Lipinski definition) is 5. The molecule has 4 aromatic rings. The molecule has 1 aliphatic rings. The van der Waals surface area contributed by atoms with Crippen LogP contribution < -0.4 is 5.32 Å². The van der Waals surface area contributed by atoms with Crippen molar-refractivity contribution in [2.75, 3.05) is 11.9 Å². The number of fused-ring (bicyclic) bond motifs is 1. The lowest BCUT2D eigenvalue weighted by molar-refractivity contribution is -0.127. The Labute approximate surface area is 208 Å². The molecule has 1 aromatic carbocycles. The number of aryl methyl sites for hydroxylation is 1. The standard InChI is InChI=1S/C27H23N7O2/c1-4-23(35)33-14-5-6-21(33)26-32-24(25-17(2)29-13-15-34(25)26)18-7-9-19(10-8-18)27(36)31-22-16-20(28-3)11-12-30-22/h4,7-13,15-16,21H,1,5-6,14H2,2H3,(H,30,31,36)/t21-/m0/s1. The van der Waals surface area contributed by atoms with Crippen LogP contribution in [0.15, 0.2) is 67.6 Å². The van der Waals surface area contributed by atoms with Gasteiger partial charge in [0.25, 0.3) is 5.91 Å². The molecule has 2 amide bonds. The molecule has 3 aromatic heterocycles. The number of anilines is 1. The second kappa shape index (κ2) is 9.43. The van der Waals surface area contributed by atoms with Crippen molar-refractivity contribution in [3.8, 4) is 11.3 Å². The lowest BCUT2D eigenvalue weighted by Gasteiger charge is -2.22. The van der Waals surface area contributed by atoms with Gasteiger partial charge in [0.05, 0.1) is 29.5 Å². The van der Waals surface area contributed by atoms with E-state index in [1.54, 1.807) is 24.4 Å². The summed E-state index contributed by atoms with van der Waals surface area (Å²) in [6, 6.07) is 10.1. The third-order valence-electron chi connectivity index (χ3n) is 6.31. The van der Waals surface area contributed by atoms with E-state index in [4.69, 9.17) is 11.6 Å². The fourth-order valence-corrected chi connectivity index (χ4v) is 4.60. The van der Waals surface area contributed by atoms with E-state index >= 15 is 0 Å². The highest BCUT2D eigenvalue weighted by atomic mass is 16.2. The van der Waals surface area contributed by atoms with Gasteiger partial charge in [0.15, 0.2) is 5.69 Å². The first-order valence-electron chi connectivity index (χ1n) is 11.5. The Bertz CT molecular complexity index is 1530. The number of pyridine rings is 1. The number of carbonyl (C=O) groups excluding carboxylic acids is 2. The average Bonchev–Trinajstić information content (AvgIpc) is 3.54. The number of amides is 2. The molecule has 4 heterocycles. The summed E-state index contributed by atoms with van der Waals surface area (Å²) >= 11 is 0. The van der Waals surface area contributed by atoms with Crippen molar-refractivity contribution in [1.82, 2.24) is 24.3 Å². The van der Waals surface area contributed by atoms with Gasteiger partial charge in [-0.3, -0.25) is 19.0 Å². The van der Waals surface area contributed by atoms with Gasteiger partial charge < -0.3 is 10.2 Å². The second-order valence-corrected chi connectivity index (χ2v) is 8.49. The second-order valence-electron chi connectivity index (χ2n) is 8.49. The summed E-state index contributed by atoms with van der Waals surface area (Å²) in [5.41, 5.74) is 4.11. The SMILES string of the molecule is [C-]#[N+]c1ccnc(NC(=O)c2ccc(-c3nc([C@@H]4CCCN4C(=O)C=C)n4ccnc(C)c34)cc2)c1. The maximum atomic E-state index is 12.7. The molecular weight excluding hydrogens is 454 g/mol. The highest BCUT2D eigenvalue weighted by Crippen LogP contribution is 2.36. The molecule has 0 unspecified atom stereocenters. The van der Waals surface area contributed by atoms with Crippen molar-refractivity contribution < 1.29 is 9.59 Å². The molecular formula is C27H23N7O2. The van der Waals surface area contributed by atoms with E-state index in [0.29, 0.717) is 23.6 Å². The summed E-state index contributed by atoms with van der Waals surface area (Å²) in [6.07, 6.45) is 8.15. The van der Waals surface area contributed by atoms with Crippen LogP contribution in [0.3, 0.4) is 0 Å². The van der Waals surface area contributed by atoms with Gasteiger partial charge in [0, 0.05) is 36.3 Å². The zero-order valence-electron chi connectivity index (χ0n) is 19.7. The van der Waals surface area contributed by atoms with Crippen molar-refractivity contribution in [2.24, 2.45) is 0 Å².